The molecule has 0 saturated carbocycles. The smallest absolute Gasteiger partial charge is 0.279 e. The van der Waals surface area contributed by atoms with Crippen LogP contribution >= 0.6 is 0 Å². The number of fused-ring (bicyclic) bond motifs is 2. The van der Waals surface area contributed by atoms with Crippen molar-refractivity contribution < 1.29 is 0 Å². The fraction of sp³-hybridized carbons (Fsp3) is 0.435. The van der Waals surface area contributed by atoms with Crippen LogP contribution in [0.4, 0.5) is 0 Å². The molecular weight excluding hydrogens is 420 g/mol. The lowest BCUT2D eigenvalue weighted by Crippen LogP contribution is -2.31. The second kappa shape index (κ2) is 8.24. The fourth-order valence-electron chi connectivity index (χ4n) is 3.88. The van der Waals surface area contributed by atoms with Crippen LogP contribution in [0.1, 0.15) is 52.8 Å². The van der Waals surface area contributed by atoms with E-state index in [9.17, 15) is 14.9 Å². The molecule has 0 amide bonds. The highest BCUT2D eigenvalue weighted by Gasteiger charge is 2.24. The first-order valence-corrected chi connectivity index (χ1v) is 10.8. The second-order valence-corrected chi connectivity index (χ2v) is 9.32. The monoisotopic (exact) mass is 446 g/mol. The van der Waals surface area contributed by atoms with Gasteiger partial charge in [0, 0.05) is 18.8 Å². The zero-order chi connectivity index (χ0) is 23.9. The van der Waals surface area contributed by atoms with E-state index in [-0.39, 0.29) is 28.8 Å². The molecule has 0 bridgehead atoms. The van der Waals surface area contributed by atoms with Crippen LogP contribution < -0.4 is 11.1 Å². The Morgan fingerprint density at radius 2 is 1.85 bits per heavy atom. The van der Waals surface area contributed by atoms with Gasteiger partial charge in [-0.1, -0.05) is 6.92 Å². The molecule has 170 valence electrons. The number of hydrogen-bond acceptors (Lipinski definition) is 7. The molecule has 2 atom stereocenters. The third-order valence-corrected chi connectivity index (χ3v) is 6.04. The van der Waals surface area contributed by atoms with Gasteiger partial charge in [0.25, 0.3) is 11.1 Å². The average Bonchev–Trinajstić information content (AvgIpc) is 3.18. The molecule has 0 radical (unpaired) electrons. The van der Waals surface area contributed by atoms with Crippen LogP contribution in [0.15, 0.2) is 40.6 Å². The van der Waals surface area contributed by atoms with E-state index in [1.54, 1.807) is 32.1 Å². The molecule has 33 heavy (non-hydrogen) atoms. The minimum absolute atomic E-state index is 0.0726. The summed E-state index contributed by atoms with van der Waals surface area (Å²) in [5.41, 5.74) is 0.363. The van der Waals surface area contributed by atoms with Gasteiger partial charge < -0.3 is 0 Å². The predicted octanol–water partition coefficient (Wildman–Crippen LogP) is 2.61. The highest BCUT2D eigenvalue weighted by Crippen LogP contribution is 2.22. The Morgan fingerprint density at radius 3 is 2.55 bits per heavy atom. The van der Waals surface area contributed by atoms with E-state index in [4.69, 9.17) is 0 Å². The lowest BCUT2D eigenvalue weighted by atomic mass is 9.99. The van der Waals surface area contributed by atoms with Crippen LogP contribution in [0.3, 0.4) is 0 Å². The van der Waals surface area contributed by atoms with E-state index in [1.165, 1.54) is 12.7 Å². The third kappa shape index (κ3) is 3.91. The highest BCUT2D eigenvalue weighted by atomic mass is 16.1. The summed E-state index contributed by atoms with van der Waals surface area (Å²) >= 11 is 0. The summed E-state index contributed by atoms with van der Waals surface area (Å²) in [7, 11) is 0. The number of hydrogen-bond donors (Lipinski definition) is 0. The molecule has 0 saturated heterocycles. The van der Waals surface area contributed by atoms with Gasteiger partial charge in [-0.3, -0.25) is 23.4 Å². The van der Waals surface area contributed by atoms with Gasteiger partial charge in [-0.2, -0.15) is 10.4 Å². The highest BCUT2D eigenvalue weighted by molar-refractivity contribution is 5.79. The summed E-state index contributed by atoms with van der Waals surface area (Å²) in [5.74, 6) is 0.0726. The summed E-state index contributed by atoms with van der Waals surface area (Å²) in [6.45, 7) is 10.2. The Morgan fingerprint density at radius 1 is 1.09 bits per heavy atom. The minimum Gasteiger partial charge on any atom is -0.297 e. The number of aryl methyl sites for hydroxylation is 1. The normalized spacial score (nSPS) is 13.8. The zero-order valence-electron chi connectivity index (χ0n) is 19.3. The van der Waals surface area contributed by atoms with Crippen molar-refractivity contribution in [3.8, 4) is 6.07 Å². The van der Waals surface area contributed by atoms with Crippen molar-refractivity contribution in [2.24, 2.45) is 5.92 Å². The van der Waals surface area contributed by atoms with Crippen molar-refractivity contribution in [1.29, 1.82) is 5.26 Å². The van der Waals surface area contributed by atoms with E-state index in [2.05, 4.69) is 20.1 Å². The van der Waals surface area contributed by atoms with Gasteiger partial charge in [-0.25, -0.2) is 15.0 Å². The molecule has 4 heterocycles. The Kier molecular flexibility index (Phi) is 5.57. The summed E-state index contributed by atoms with van der Waals surface area (Å²) < 4.78 is 4.74. The van der Waals surface area contributed by atoms with Crippen molar-refractivity contribution >= 4 is 22.1 Å². The first kappa shape index (κ1) is 22.3. The van der Waals surface area contributed by atoms with Gasteiger partial charge in [-0.05, 0) is 52.2 Å². The Labute approximate surface area is 190 Å². The zero-order valence-corrected chi connectivity index (χ0v) is 19.3. The minimum atomic E-state index is -0.478. The Hall–Kier alpha value is -3.87. The predicted molar refractivity (Wildman–Crippen MR) is 124 cm³/mol. The third-order valence-electron chi connectivity index (χ3n) is 6.04. The van der Waals surface area contributed by atoms with E-state index < -0.39 is 5.54 Å². The molecule has 0 spiro atoms. The molecule has 0 aliphatic carbocycles. The summed E-state index contributed by atoms with van der Waals surface area (Å²) in [6.07, 6.45) is 5.25. The molecule has 0 aliphatic rings. The van der Waals surface area contributed by atoms with Crippen molar-refractivity contribution in [2.75, 3.05) is 0 Å². The van der Waals surface area contributed by atoms with Gasteiger partial charge in [0.2, 0.25) is 0 Å². The van der Waals surface area contributed by atoms with Crippen LogP contribution in [0.25, 0.3) is 22.1 Å². The topological polar surface area (TPSA) is 124 Å². The van der Waals surface area contributed by atoms with Crippen molar-refractivity contribution in [3.05, 3.63) is 57.4 Å². The Balaban J connectivity index is 1.62. The average molecular weight is 447 g/mol. The molecule has 0 fully saturated rings. The van der Waals surface area contributed by atoms with Crippen LogP contribution in [0.2, 0.25) is 0 Å². The van der Waals surface area contributed by atoms with E-state index in [0.29, 0.717) is 35.0 Å². The maximum Gasteiger partial charge on any atom is 0.279 e. The molecular formula is C23H26N8O2. The largest absolute Gasteiger partial charge is 0.297 e. The quantitative estimate of drug-likeness (QED) is 0.461. The maximum absolute atomic E-state index is 13.3. The lowest BCUT2D eigenvalue weighted by Gasteiger charge is -2.23. The Bertz CT molecular complexity index is 1500. The fourth-order valence-corrected chi connectivity index (χ4v) is 3.88. The number of nitriles is 1. The number of aromatic nitrogens is 7. The molecule has 0 N–H and O–H groups in total. The molecule has 2 unspecified atom stereocenters. The van der Waals surface area contributed by atoms with Gasteiger partial charge in [0.05, 0.1) is 17.3 Å². The van der Waals surface area contributed by atoms with Crippen LogP contribution in [0.5, 0.6) is 0 Å². The van der Waals surface area contributed by atoms with E-state index >= 15 is 0 Å². The summed E-state index contributed by atoms with van der Waals surface area (Å²) in [5, 5.41) is 14.2. The number of rotatable bonds is 5. The molecule has 4 rings (SSSR count). The molecule has 10 nitrogen and oxygen atoms in total. The molecule has 0 aliphatic heterocycles. The number of pyridine rings is 1. The maximum atomic E-state index is 13.3. The van der Waals surface area contributed by atoms with Crippen molar-refractivity contribution in [2.45, 2.75) is 59.2 Å². The SMILES string of the molecule is CC(CCn1cnc2c(C#N)nn(C(C)(C)C)c2c1=O)C(C)n1cnc2ncccc2c1=O. The van der Waals surface area contributed by atoms with Gasteiger partial charge in [-0.15, -0.1) is 0 Å². The summed E-state index contributed by atoms with van der Waals surface area (Å²) in [6, 6.07) is 5.34. The summed E-state index contributed by atoms with van der Waals surface area (Å²) in [4.78, 5) is 39.0. The molecule has 4 aromatic rings. The van der Waals surface area contributed by atoms with Crippen LogP contribution in [-0.2, 0) is 12.1 Å². The first-order valence-electron chi connectivity index (χ1n) is 10.8. The standard InChI is InChI=1S/C23H26N8O2/c1-14(15(2)30-13-27-20-16(21(30)32)7-6-9-25-20)8-10-29-12-26-18-17(11-24)28-31(23(3,4)5)19(18)22(29)33/h6-7,9,12-15H,8,10H2,1-5H3. The van der Waals surface area contributed by atoms with Crippen molar-refractivity contribution in [3.63, 3.8) is 0 Å². The number of nitrogens with zero attached hydrogens (tertiary/aromatic N) is 8. The molecule has 4 aromatic heterocycles. The molecule has 10 heteroatoms. The first-order chi connectivity index (χ1) is 15.6. The van der Waals surface area contributed by atoms with Crippen LogP contribution in [-0.4, -0.2) is 33.9 Å². The van der Waals surface area contributed by atoms with E-state index in [1.807, 2.05) is 40.7 Å². The second-order valence-electron chi connectivity index (χ2n) is 9.32. The van der Waals surface area contributed by atoms with Gasteiger partial charge in [0.15, 0.2) is 16.9 Å². The molecule has 0 aromatic carbocycles. The van der Waals surface area contributed by atoms with Gasteiger partial charge in [0.1, 0.15) is 17.9 Å². The lowest BCUT2D eigenvalue weighted by molar-refractivity contribution is 0.331. The van der Waals surface area contributed by atoms with Crippen LogP contribution in [0, 0.1) is 17.2 Å². The van der Waals surface area contributed by atoms with Crippen molar-refractivity contribution in [1.82, 2.24) is 33.9 Å². The van der Waals surface area contributed by atoms with E-state index in [0.717, 1.165) is 0 Å². The van der Waals surface area contributed by atoms with Gasteiger partial charge >= 0.3 is 0 Å².